The Hall–Kier alpha value is -0.650. The minimum absolute atomic E-state index is 0.188. The molecule has 0 amide bonds. The predicted molar refractivity (Wildman–Crippen MR) is 79.8 cm³/mol. The van der Waals surface area contributed by atoms with Gasteiger partial charge < -0.3 is 14.4 Å². The molecule has 0 aliphatic carbocycles. The number of carbonyl (C=O) groups is 1. The maximum atomic E-state index is 12.0. The zero-order valence-electron chi connectivity index (χ0n) is 13.6. The number of piperidine rings is 1. The fourth-order valence-corrected chi connectivity index (χ4v) is 2.89. The smallest absolute Gasteiger partial charge is 0.325 e. The van der Waals surface area contributed by atoms with Crippen molar-refractivity contribution in [2.75, 3.05) is 33.9 Å². The molecule has 1 heterocycles. The SMILES string of the molecule is COC(=O)C(C)(CCN1CCCC(OC)C1)NC(C)C. The molecular weight excluding hydrogens is 256 g/mol. The lowest BCUT2D eigenvalue weighted by atomic mass is 9.95. The summed E-state index contributed by atoms with van der Waals surface area (Å²) in [7, 11) is 3.22. The van der Waals surface area contributed by atoms with Crippen LogP contribution in [0.4, 0.5) is 0 Å². The fraction of sp³-hybridized carbons (Fsp3) is 0.933. The Morgan fingerprint density at radius 1 is 1.45 bits per heavy atom. The van der Waals surface area contributed by atoms with Crippen molar-refractivity contribution in [3.8, 4) is 0 Å². The second-order valence-electron chi connectivity index (χ2n) is 6.17. The van der Waals surface area contributed by atoms with E-state index in [1.165, 1.54) is 7.11 Å². The van der Waals surface area contributed by atoms with Crippen LogP contribution in [0.15, 0.2) is 0 Å². The highest BCUT2D eigenvalue weighted by molar-refractivity contribution is 5.80. The molecule has 5 nitrogen and oxygen atoms in total. The average molecular weight is 286 g/mol. The number of methoxy groups -OCH3 is 2. The first kappa shape index (κ1) is 17.4. The molecule has 0 saturated carbocycles. The van der Waals surface area contributed by atoms with E-state index < -0.39 is 5.54 Å². The molecule has 0 radical (unpaired) electrons. The standard InChI is InChI=1S/C15H30N2O3/c1-12(2)16-15(3,14(18)20-5)8-10-17-9-6-7-13(11-17)19-4/h12-13,16H,6-11H2,1-5H3. The van der Waals surface area contributed by atoms with Crippen molar-refractivity contribution in [3.63, 3.8) is 0 Å². The Morgan fingerprint density at radius 2 is 2.15 bits per heavy atom. The van der Waals surface area contributed by atoms with E-state index >= 15 is 0 Å². The molecule has 1 aliphatic heterocycles. The molecule has 1 N–H and O–H groups in total. The van der Waals surface area contributed by atoms with Gasteiger partial charge in [-0.05, 0) is 46.6 Å². The third-order valence-electron chi connectivity index (χ3n) is 3.97. The Kier molecular flexibility index (Phi) is 6.92. The van der Waals surface area contributed by atoms with Gasteiger partial charge in [-0.25, -0.2) is 0 Å². The van der Waals surface area contributed by atoms with Gasteiger partial charge >= 0.3 is 5.97 Å². The molecule has 1 fully saturated rings. The topological polar surface area (TPSA) is 50.8 Å². The molecule has 1 saturated heterocycles. The van der Waals surface area contributed by atoms with E-state index in [2.05, 4.69) is 10.2 Å². The van der Waals surface area contributed by atoms with Crippen LogP contribution in [-0.2, 0) is 14.3 Å². The van der Waals surface area contributed by atoms with Gasteiger partial charge in [0.25, 0.3) is 0 Å². The van der Waals surface area contributed by atoms with Crippen molar-refractivity contribution in [1.82, 2.24) is 10.2 Å². The van der Waals surface area contributed by atoms with Gasteiger partial charge in [-0.3, -0.25) is 10.1 Å². The van der Waals surface area contributed by atoms with Crippen molar-refractivity contribution < 1.29 is 14.3 Å². The summed E-state index contributed by atoms with van der Waals surface area (Å²) in [5, 5.41) is 3.34. The third-order valence-corrected chi connectivity index (χ3v) is 3.97. The van der Waals surface area contributed by atoms with Crippen LogP contribution in [0, 0.1) is 0 Å². The van der Waals surface area contributed by atoms with Gasteiger partial charge in [-0.2, -0.15) is 0 Å². The van der Waals surface area contributed by atoms with Crippen LogP contribution in [0.3, 0.4) is 0 Å². The molecule has 1 rings (SSSR count). The lowest BCUT2D eigenvalue weighted by Gasteiger charge is -2.36. The quantitative estimate of drug-likeness (QED) is 0.717. The van der Waals surface area contributed by atoms with Gasteiger partial charge in [0, 0.05) is 26.2 Å². The second-order valence-corrected chi connectivity index (χ2v) is 6.17. The number of carbonyl (C=O) groups excluding carboxylic acids is 1. The number of nitrogens with zero attached hydrogens (tertiary/aromatic N) is 1. The fourth-order valence-electron chi connectivity index (χ4n) is 2.89. The van der Waals surface area contributed by atoms with Crippen LogP contribution in [-0.4, -0.2) is 62.4 Å². The van der Waals surface area contributed by atoms with Crippen LogP contribution in [0.25, 0.3) is 0 Å². The molecule has 5 heteroatoms. The Morgan fingerprint density at radius 3 is 2.70 bits per heavy atom. The first-order chi connectivity index (χ1) is 9.41. The van der Waals surface area contributed by atoms with Gasteiger partial charge in [0.05, 0.1) is 13.2 Å². The summed E-state index contributed by atoms with van der Waals surface area (Å²) in [5.41, 5.74) is -0.622. The summed E-state index contributed by atoms with van der Waals surface area (Å²) in [6.45, 7) is 8.93. The summed E-state index contributed by atoms with van der Waals surface area (Å²) in [6, 6.07) is 0.243. The molecule has 0 aromatic heterocycles. The van der Waals surface area contributed by atoms with Crippen LogP contribution in [0.1, 0.15) is 40.0 Å². The predicted octanol–water partition coefficient (Wildman–Crippen LogP) is 1.42. The van der Waals surface area contributed by atoms with Crippen molar-refractivity contribution in [2.24, 2.45) is 0 Å². The van der Waals surface area contributed by atoms with Crippen LogP contribution in [0.2, 0.25) is 0 Å². The van der Waals surface area contributed by atoms with E-state index in [1.54, 1.807) is 7.11 Å². The highest BCUT2D eigenvalue weighted by atomic mass is 16.5. The summed E-state index contributed by atoms with van der Waals surface area (Å²) in [6.07, 6.45) is 3.36. The summed E-state index contributed by atoms with van der Waals surface area (Å²) in [5.74, 6) is -0.188. The van der Waals surface area contributed by atoms with Gasteiger partial charge in [0.15, 0.2) is 0 Å². The molecule has 0 aromatic rings. The van der Waals surface area contributed by atoms with E-state index in [-0.39, 0.29) is 12.0 Å². The number of hydrogen-bond donors (Lipinski definition) is 1. The van der Waals surface area contributed by atoms with Gasteiger partial charge in [0.1, 0.15) is 5.54 Å². The van der Waals surface area contributed by atoms with Crippen molar-refractivity contribution >= 4 is 5.97 Å². The van der Waals surface area contributed by atoms with Crippen molar-refractivity contribution in [2.45, 2.75) is 57.7 Å². The lowest BCUT2D eigenvalue weighted by Crippen LogP contribution is -2.55. The number of ether oxygens (including phenoxy) is 2. The molecule has 20 heavy (non-hydrogen) atoms. The average Bonchev–Trinajstić information content (AvgIpc) is 2.43. The zero-order valence-corrected chi connectivity index (χ0v) is 13.6. The minimum Gasteiger partial charge on any atom is -0.468 e. The molecule has 0 bridgehead atoms. The van der Waals surface area contributed by atoms with Crippen molar-refractivity contribution in [1.29, 1.82) is 0 Å². The normalized spacial score (nSPS) is 23.6. The molecule has 1 aliphatic rings. The minimum atomic E-state index is -0.622. The van der Waals surface area contributed by atoms with Gasteiger partial charge in [0.2, 0.25) is 0 Å². The van der Waals surface area contributed by atoms with E-state index in [0.717, 1.165) is 38.9 Å². The monoisotopic (exact) mass is 286 g/mol. The van der Waals surface area contributed by atoms with Crippen LogP contribution in [0.5, 0.6) is 0 Å². The number of likely N-dealkylation sites (tertiary alicyclic amines) is 1. The Labute approximate surface area is 123 Å². The van der Waals surface area contributed by atoms with E-state index in [4.69, 9.17) is 9.47 Å². The Bertz CT molecular complexity index is 309. The molecule has 2 atom stereocenters. The molecule has 0 aromatic carbocycles. The summed E-state index contributed by atoms with van der Waals surface area (Å²) >= 11 is 0. The van der Waals surface area contributed by atoms with Crippen LogP contribution >= 0.6 is 0 Å². The second kappa shape index (κ2) is 7.96. The van der Waals surface area contributed by atoms with Crippen LogP contribution < -0.4 is 5.32 Å². The van der Waals surface area contributed by atoms with E-state index in [9.17, 15) is 4.79 Å². The molecule has 0 spiro atoms. The Balaban J connectivity index is 2.55. The molecule has 118 valence electrons. The number of esters is 1. The first-order valence-corrected chi connectivity index (χ1v) is 7.52. The number of hydrogen-bond acceptors (Lipinski definition) is 5. The lowest BCUT2D eigenvalue weighted by molar-refractivity contribution is -0.148. The van der Waals surface area contributed by atoms with Crippen molar-refractivity contribution in [3.05, 3.63) is 0 Å². The third kappa shape index (κ3) is 5.04. The maximum Gasteiger partial charge on any atom is 0.325 e. The molecule has 2 unspecified atom stereocenters. The van der Waals surface area contributed by atoms with Gasteiger partial charge in [-0.1, -0.05) is 0 Å². The largest absolute Gasteiger partial charge is 0.468 e. The maximum absolute atomic E-state index is 12.0. The number of rotatable bonds is 7. The zero-order chi connectivity index (χ0) is 15.2. The van der Waals surface area contributed by atoms with E-state index in [0.29, 0.717) is 6.10 Å². The number of nitrogens with one attached hydrogen (secondary N) is 1. The van der Waals surface area contributed by atoms with E-state index in [1.807, 2.05) is 20.8 Å². The summed E-state index contributed by atoms with van der Waals surface area (Å²) in [4.78, 5) is 14.4. The molecular formula is C15H30N2O3. The highest BCUT2D eigenvalue weighted by Gasteiger charge is 2.35. The first-order valence-electron chi connectivity index (χ1n) is 7.52. The highest BCUT2D eigenvalue weighted by Crippen LogP contribution is 2.18. The summed E-state index contributed by atoms with van der Waals surface area (Å²) < 4.78 is 10.4. The van der Waals surface area contributed by atoms with Gasteiger partial charge in [-0.15, -0.1) is 0 Å².